The monoisotopic (exact) mass is 241 g/mol. The third-order valence-corrected chi connectivity index (χ3v) is 2.80. The first-order valence-electron chi connectivity index (χ1n) is 6.07. The van der Waals surface area contributed by atoms with Crippen LogP contribution in [0.1, 0.15) is 40.0 Å². The first-order valence-corrected chi connectivity index (χ1v) is 6.07. The van der Waals surface area contributed by atoms with Gasteiger partial charge in [0.05, 0.1) is 12.1 Å². The highest BCUT2D eigenvalue weighted by atomic mass is 16.6. The van der Waals surface area contributed by atoms with E-state index in [1.807, 2.05) is 20.8 Å². The first-order chi connectivity index (χ1) is 7.76. The summed E-state index contributed by atoms with van der Waals surface area (Å²) in [7, 11) is 0. The van der Waals surface area contributed by atoms with E-state index >= 15 is 0 Å². The maximum Gasteiger partial charge on any atom is 0.410 e. The van der Waals surface area contributed by atoms with Crippen molar-refractivity contribution in [3.8, 4) is 0 Å². The Kier molecular flexibility index (Phi) is 4.20. The van der Waals surface area contributed by atoms with Crippen molar-refractivity contribution in [1.29, 1.82) is 0 Å². The lowest BCUT2D eigenvalue weighted by atomic mass is 9.97. The van der Waals surface area contributed by atoms with Crippen molar-refractivity contribution in [3.63, 3.8) is 0 Å². The van der Waals surface area contributed by atoms with E-state index in [9.17, 15) is 9.90 Å². The molecule has 17 heavy (non-hydrogen) atoms. The van der Waals surface area contributed by atoms with Crippen LogP contribution in [0.25, 0.3) is 0 Å². The lowest BCUT2D eigenvalue weighted by Gasteiger charge is -2.26. The lowest BCUT2D eigenvalue weighted by Crippen LogP contribution is -2.39. The van der Waals surface area contributed by atoms with Crippen LogP contribution < -0.4 is 0 Å². The van der Waals surface area contributed by atoms with E-state index in [0.717, 1.165) is 6.42 Å². The topological polar surface area (TPSA) is 49.8 Å². The number of ether oxygens (including phenoxy) is 1. The minimum absolute atomic E-state index is 0.341. The summed E-state index contributed by atoms with van der Waals surface area (Å²) in [5.41, 5.74) is -1.26. The second-order valence-corrected chi connectivity index (χ2v) is 5.70. The smallest absolute Gasteiger partial charge is 0.410 e. The minimum Gasteiger partial charge on any atom is -0.444 e. The summed E-state index contributed by atoms with van der Waals surface area (Å²) in [5, 5.41) is 10.2. The van der Waals surface area contributed by atoms with Crippen LogP contribution in [0.2, 0.25) is 0 Å². The van der Waals surface area contributed by atoms with Crippen LogP contribution in [-0.4, -0.2) is 40.4 Å². The molecule has 1 atom stereocenters. The van der Waals surface area contributed by atoms with Crippen molar-refractivity contribution in [1.82, 2.24) is 4.90 Å². The second kappa shape index (κ2) is 5.08. The van der Waals surface area contributed by atoms with Gasteiger partial charge in [0.1, 0.15) is 5.60 Å². The first kappa shape index (κ1) is 14.0. The molecular weight excluding hydrogens is 218 g/mol. The summed E-state index contributed by atoms with van der Waals surface area (Å²) in [6.07, 6.45) is 3.47. The predicted octanol–water partition coefficient (Wildman–Crippen LogP) is 2.32. The van der Waals surface area contributed by atoms with Gasteiger partial charge in [-0.25, -0.2) is 4.79 Å². The Morgan fingerprint density at radius 1 is 1.59 bits per heavy atom. The number of aliphatic hydroxyl groups is 1. The highest BCUT2D eigenvalue weighted by Crippen LogP contribution is 2.27. The Morgan fingerprint density at radius 3 is 2.76 bits per heavy atom. The normalized spacial score (nSPS) is 24.8. The largest absolute Gasteiger partial charge is 0.444 e. The van der Waals surface area contributed by atoms with Crippen LogP contribution in [0.5, 0.6) is 0 Å². The molecule has 0 aromatic heterocycles. The van der Waals surface area contributed by atoms with Gasteiger partial charge in [-0.2, -0.15) is 0 Å². The third kappa shape index (κ3) is 4.38. The molecule has 1 fully saturated rings. The summed E-state index contributed by atoms with van der Waals surface area (Å²) in [6, 6.07) is 0. The van der Waals surface area contributed by atoms with Gasteiger partial charge in [0.25, 0.3) is 0 Å². The Hall–Kier alpha value is -1.03. The SMILES string of the molecule is C=CCCC1(O)CCN(C(=O)OC(C)(C)C)C1. The van der Waals surface area contributed by atoms with Crippen LogP contribution in [0, 0.1) is 0 Å². The molecular formula is C13H23NO3. The van der Waals surface area contributed by atoms with Crippen LogP contribution in [0.15, 0.2) is 12.7 Å². The van der Waals surface area contributed by atoms with Crippen LogP contribution in [0.4, 0.5) is 4.79 Å². The van der Waals surface area contributed by atoms with Gasteiger partial charge in [0, 0.05) is 6.54 Å². The van der Waals surface area contributed by atoms with E-state index < -0.39 is 11.2 Å². The fourth-order valence-electron chi connectivity index (χ4n) is 1.91. The maximum atomic E-state index is 11.8. The van der Waals surface area contributed by atoms with Crippen LogP contribution in [-0.2, 0) is 4.74 Å². The molecule has 0 bridgehead atoms. The van der Waals surface area contributed by atoms with Gasteiger partial charge >= 0.3 is 6.09 Å². The molecule has 1 amide bonds. The number of amides is 1. The number of allylic oxidation sites excluding steroid dienone is 1. The number of β-amino-alcohol motifs (C(OH)–C–C–N with tert-alkyl or cyclic N) is 1. The number of carbonyl (C=O) groups excluding carboxylic acids is 1. The van der Waals surface area contributed by atoms with E-state index in [2.05, 4.69) is 6.58 Å². The zero-order chi connectivity index (χ0) is 13.1. The average Bonchev–Trinajstić information content (AvgIpc) is 2.56. The Morgan fingerprint density at radius 2 is 2.24 bits per heavy atom. The highest BCUT2D eigenvalue weighted by Gasteiger charge is 2.38. The molecule has 98 valence electrons. The lowest BCUT2D eigenvalue weighted by molar-refractivity contribution is 0.0129. The Labute approximate surface area is 103 Å². The average molecular weight is 241 g/mol. The van der Waals surface area contributed by atoms with E-state index in [0.29, 0.717) is 25.9 Å². The molecule has 0 aliphatic carbocycles. The zero-order valence-electron chi connectivity index (χ0n) is 11.0. The summed E-state index contributed by atoms with van der Waals surface area (Å²) in [4.78, 5) is 13.4. The second-order valence-electron chi connectivity index (χ2n) is 5.70. The molecule has 1 rings (SSSR count). The quantitative estimate of drug-likeness (QED) is 0.771. The van der Waals surface area contributed by atoms with Gasteiger partial charge in [-0.15, -0.1) is 6.58 Å². The van der Waals surface area contributed by atoms with E-state index in [1.54, 1.807) is 11.0 Å². The molecule has 1 aliphatic rings. The standard InChI is InChI=1S/C13H23NO3/c1-5-6-7-13(16)8-9-14(10-13)11(15)17-12(2,3)4/h5,16H,1,6-10H2,2-4H3. The molecule has 1 aliphatic heterocycles. The van der Waals surface area contributed by atoms with E-state index in [1.165, 1.54) is 0 Å². The number of hydrogen-bond donors (Lipinski definition) is 1. The molecule has 0 saturated carbocycles. The summed E-state index contributed by atoms with van der Waals surface area (Å²) in [6.45, 7) is 10.1. The fourth-order valence-corrected chi connectivity index (χ4v) is 1.91. The van der Waals surface area contributed by atoms with Gasteiger partial charge in [-0.1, -0.05) is 6.08 Å². The highest BCUT2D eigenvalue weighted by molar-refractivity contribution is 5.68. The summed E-state index contributed by atoms with van der Waals surface area (Å²) >= 11 is 0. The molecule has 1 heterocycles. The predicted molar refractivity (Wildman–Crippen MR) is 66.8 cm³/mol. The van der Waals surface area contributed by atoms with Gasteiger partial charge < -0.3 is 14.7 Å². The molecule has 1 saturated heterocycles. The maximum absolute atomic E-state index is 11.8. The van der Waals surface area contributed by atoms with Crippen molar-refractivity contribution in [3.05, 3.63) is 12.7 Å². The number of carbonyl (C=O) groups is 1. The Bertz CT molecular complexity index is 296. The van der Waals surface area contributed by atoms with Crippen molar-refractivity contribution >= 4 is 6.09 Å². The number of hydrogen-bond acceptors (Lipinski definition) is 3. The van der Waals surface area contributed by atoms with E-state index in [-0.39, 0.29) is 6.09 Å². The van der Waals surface area contributed by atoms with E-state index in [4.69, 9.17) is 4.74 Å². The molecule has 0 aromatic carbocycles. The van der Waals surface area contributed by atoms with Gasteiger partial charge in [0.2, 0.25) is 0 Å². The van der Waals surface area contributed by atoms with Crippen molar-refractivity contribution < 1.29 is 14.6 Å². The molecule has 1 unspecified atom stereocenters. The van der Waals surface area contributed by atoms with Crippen molar-refractivity contribution in [2.45, 2.75) is 51.2 Å². The number of likely N-dealkylation sites (tertiary alicyclic amines) is 1. The molecule has 4 heteroatoms. The number of nitrogens with zero attached hydrogens (tertiary/aromatic N) is 1. The van der Waals surface area contributed by atoms with Gasteiger partial charge in [-0.05, 0) is 40.0 Å². The van der Waals surface area contributed by atoms with Gasteiger partial charge in [0.15, 0.2) is 0 Å². The molecule has 4 nitrogen and oxygen atoms in total. The zero-order valence-corrected chi connectivity index (χ0v) is 11.0. The van der Waals surface area contributed by atoms with Crippen LogP contribution in [0.3, 0.4) is 0 Å². The van der Waals surface area contributed by atoms with Crippen LogP contribution >= 0.6 is 0 Å². The fraction of sp³-hybridized carbons (Fsp3) is 0.769. The summed E-state index contributed by atoms with van der Waals surface area (Å²) < 4.78 is 5.28. The third-order valence-electron chi connectivity index (χ3n) is 2.80. The molecule has 0 spiro atoms. The molecule has 0 radical (unpaired) electrons. The van der Waals surface area contributed by atoms with Crippen molar-refractivity contribution in [2.75, 3.05) is 13.1 Å². The Balaban J connectivity index is 2.49. The number of rotatable bonds is 3. The van der Waals surface area contributed by atoms with Crippen molar-refractivity contribution in [2.24, 2.45) is 0 Å². The summed E-state index contributed by atoms with van der Waals surface area (Å²) in [5.74, 6) is 0. The molecule has 1 N–H and O–H groups in total. The van der Waals surface area contributed by atoms with Gasteiger partial charge in [-0.3, -0.25) is 0 Å². The molecule has 0 aromatic rings. The minimum atomic E-state index is -0.773.